The molecule has 0 fully saturated rings. The number of aromatic nitrogens is 1. The van der Waals surface area contributed by atoms with Crippen molar-refractivity contribution in [1.82, 2.24) is 4.98 Å². The van der Waals surface area contributed by atoms with Crippen molar-refractivity contribution in [3.8, 4) is 0 Å². The summed E-state index contributed by atoms with van der Waals surface area (Å²) in [6.07, 6.45) is 1.54. The Morgan fingerprint density at radius 1 is 1.16 bits per heavy atom. The third kappa shape index (κ3) is 3.03. The number of rotatable bonds is 4. The first-order valence-electron chi connectivity index (χ1n) is 5.75. The third-order valence-corrected chi connectivity index (χ3v) is 3.98. The molecular formula is C13H15N3O2S. The molecule has 0 atom stereocenters. The van der Waals surface area contributed by atoms with Gasteiger partial charge in [-0.25, -0.2) is 13.4 Å². The molecule has 0 aliphatic carbocycles. The molecule has 0 saturated heterocycles. The van der Waals surface area contributed by atoms with Crippen LogP contribution in [0.4, 0.5) is 11.5 Å². The van der Waals surface area contributed by atoms with Gasteiger partial charge in [-0.15, -0.1) is 0 Å². The summed E-state index contributed by atoms with van der Waals surface area (Å²) in [6, 6.07) is 10.3. The first-order chi connectivity index (χ1) is 9.03. The van der Waals surface area contributed by atoms with E-state index in [1.165, 1.54) is 12.3 Å². The van der Waals surface area contributed by atoms with Crippen LogP contribution in [0.3, 0.4) is 0 Å². The average Bonchev–Trinajstić information content (AvgIpc) is 2.38. The fourth-order valence-corrected chi connectivity index (χ4v) is 2.93. The number of pyridine rings is 1. The maximum absolute atomic E-state index is 12.3. The van der Waals surface area contributed by atoms with Crippen LogP contribution in [0, 0.1) is 6.92 Å². The van der Waals surface area contributed by atoms with Gasteiger partial charge in [0.2, 0.25) is 0 Å². The highest BCUT2D eigenvalue weighted by Crippen LogP contribution is 2.21. The molecular weight excluding hydrogens is 262 g/mol. The summed E-state index contributed by atoms with van der Waals surface area (Å²) in [5, 5.41) is 2.77. The molecule has 1 aromatic carbocycles. The standard InChI is InChI=1S/C13H15N3O2S/c1-10-5-3-6-11(9-10)16-19(17,18)12-7-4-8-15-13(12)14-2/h3-9,16H,1-2H3,(H,14,15). The van der Waals surface area contributed by atoms with E-state index in [2.05, 4.69) is 15.0 Å². The van der Waals surface area contributed by atoms with Crippen LogP contribution < -0.4 is 10.0 Å². The number of anilines is 2. The monoisotopic (exact) mass is 277 g/mol. The zero-order chi connectivity index (χ0) is 13.9. The molecule has 1 heterocycles. The Morgan fingerprint density at radius 3 is 2.63 bits per heavy atom. The van der Waals surface area contributed by atoms with Crippen molar-refractivity contribution >= 4 is 21.5 Å². The number of aryl methyl sites for hydroxylation is 1. The minimum atomic E-state index is -3.65. The third-order valence-electron chi connectivity index (χ3n) is 2.57. The van der Waals surface area contributed by atoms with Crippen LogP contribution in [-0.2, 0) is 10.0 Å². The van der Waals surface area contributed by atoms with E-state index in [1.807, 2.05) is 13.0 Å². The molecule has 2 rings (SSSR count). The molecule has 0 aliphatic heterocycles. The van der Waals surface area contributed by atoms with E-state index in [-0.39, 0.29) is 4.90 Å². The molecule has 0 aliphatic rings. The van der Waals surface area contributed by atoms with Crippen LogP contribution in [0.2, 0.25) is 0 Å². The van der Waals surface area contributed by atoms with Gasteiger partial charge in [0, 0.05) is 18.9 Å². The van der Waals surface area contributed by atoms with Gasteiger partial charge < -0.3 is 5.32 Å². The quantitative estimate of drug-likeness (QED) is 0.899. The molecule has 19 heavy (non-hydrogen) atoms. The normalized spacial score (nSPS) is 11.1. The zero-order valence-corrected chi connectivity index (χ0v) is 11.5. The van der Waals surface area contributed by atoms with Crippen molar-refractivity contribution in [3.63, 3.8) is 0 Å². The van der Waals surface area contributed by atoms with Gasteiger partial charge in [-0.1, -0.05) is 12.1 Å². The van der Waals surface area contributed by atoms with Gasteiger partial charge in [-0.05, 0) is 36.8 Å². The van der Waals surface area contributed by atoms with Gasteiger partial charge in [0.1, 0.15) is 10.7 Å². The fraction of sp³-hybridized carbons (Fsp3) is 0.154. The van der Waals surface area contributed by atoms with Gasteiger partial charge in [0.15, 0.2) is 0 Å². The molecule has 0 radical (unpaired) electrons. The molecule has 0 saturated carbocycles. The van der Waals surface area contributed by atoms with Crippen LogP contribution in [0.1, 0.15) is 5.56 Å². The van der Waals surface area contributed by atoms with Crippen LogP contribution >= 0.6 is 0 Å². The lowest BCUT2D eigenvalue weighted by Crippen LogP contribution is -2.15. The summed E-state index contributed by atoms with van der Waals surface area (Å²) in [4.78, 5) is 4.12. The predicted octanol–water partition coefficient (Wildman–Crippen LogP) is 2.23. The van der Waals surface area contributed by atoms with Gasteiger partial charge >= 0.3 is 0 Å². The lowest BCUT2D eigenvalue weighted by atomic mass is 10.2. The minimum absolute atomic E-state index is 0.124. The van der Waals surface area contributed by atoms with Crippen LogP contribution in [0.15, 0.2) is 47.5 Å². The smallest absolute Gasteiger partial charge is 0.265 e. The lowest BCUT2D eigenvalue weighted by molar-refractivity contribution is 0.601. The van der Waals surface area contributed by atoms with Gasteiger partial charge in [0.05, 0.1) is 0 Å². The molecule has 0 amide bonds. The molecule has 2 N–H and O–H groups in total. The summed E-state index contributed by atoms with van der Waals surface area (Å²) in [5.41, 5.74) is 1.52. The maximum Gasteiger partial charge on any atom is 0.265 e. The second-order valence-electron chi connectivity index (χ2n) is 4.08. The van der Waals surface area contributed by atoms with Crippen molar-refractivity contribution in [2.24, 2.45) is 0 Å². The predicted molar refractivity (Wildman–Crippen MR) is 75.8 cm³/mol. The molecule has 2 aromatic rings. The fourth-order valence-electron chi connectivity index (χ4n) is 1.71. The summed E-state index contributed by atoms with van der Waals surface area (Å²) in [7, 11) is -2.01. The zero-order valence-electron chi connectivity index (χ0n) is 10.7. The van der Waals surface area contributed by atoms with E-state index in [1.54, 1.807) is 31.3 Å². The summed E-state index contributed by atoms with van der Waals surface area (Å²) in [5.74, 6) is 0.322. The summed E-state index contributed by atoms with van der Waals surface area (Å²) >= 11 is 0. The molecule has 0 spiro atoms. The summed E-state index contributed by atoms with van der Waals surface area (Å²) < 4.78 is 27.1. The van der Waals surface area contributed by atoms with E-state index in [4.69, 9.17) is 0 Å². The van der Waals surface area contributed by atoms with Gasteiger partial charge in [-0.2, -0.15) is 0 Å². The second-order valence-corrected chi connectivity index (χ2v) is 5.73. The topological polar surface area (TPSA) is 71.1 Å². The van der Waals surface area contributed by atoms with Crippen molar-refractivity contribution in [1.29, 1.82) is 0 Å². The first kappa shape index (κ1) is 13.4. The number of hydrogen-bond donors (Lipinski definition) is 2. The Bertz CT molecular complexity index is 684. The second kappa shape index (κ2) is 5.27. The average molecular weight is 277 g/mol. The maximum atomic E-state index is 12.3. The Morgan fingerprint density at radius 2 is 1.95 bits per heavy atom. The number of benzene rings is 1. The number of sulfonamides is 1. The van der Waals surface area contributed by atoms with Gasteiger partial charge in [0.25, 0.3) is 10.0 Å². The van der Waals surface area contributed by atoms with Crippen molar-refractivity contribution in [2.45, 2.75) is 11.8 Å². The molecule has 1 aromatic heterocycles. The van der Waals surface area contributed by atoms with Crippen LogP contribution in [-0.4, -0.2) is 20.4 Å². The van der Waals surface area contributed by atoms with E-state index in [0.29, 0.717) is 11.5 Å². The highest BCUT2D eigenvalue weighted by molar-refractivity contribution is 7.92. The Labute approximate surface area is 112 Å². The van der Waals surface area contributed by atoms with E-state index < -0.39 is 10.0 Å². The van der Waals surface area contributed by atoms with Crippen molar-refractivity contribution < 1.29 is 8.42 Å². The van der Waals surface area contributed by atoms with Crippen LogP contribution in [0.25, 0.3) is 0 Å². The molecule has 0 bridgehead atoms. The highest BCUT2D eigenvalue weighted by atomic mass is 32.2. The number of nitrogens with one attached hydrogen (secondary N) is 2. The number of nitrogens with zero attached hydrogens (tertiary/aromatic N) is 1. The van der Waals surface area contributed by atoms with Crippen molar-refractivity contribution in [3.05, 3.63) is 48.2 Å². The minimum Gasteiger partial charge on any atom is -0.372 e. The van der Waals surface area contributed by atoms with Crippen molar-refractivity contribution in [2.75, 3.05) is 17.1 Å². The molecule has 6 heteroatoms. The highest BCUT2D eigenvalue weighted by Gasteiger charge is 2.18. The Kier molecular flexibility index (Phi) is 3.71. The largest absolute Gasteiger partial charge is 0.372 e. The SMILES string of the molecule is CNc1ncccc1S(=O)(=O)Nc1cccc(C)c1. The Balaban J connectivity index is 2.38. The first-order valence-corrected chi connectivity index (χ1v) is 7.23. The van der Waals surface area contributed by atoms with Gasteiger partial charge in [-0.3, -0.25) is 4.72 Å². The Hall–Kier alpha value is -2.08. The number of hydrogen-bond acceptors (Lipinski definition) is 4. The van der Waals surface area contributed by atoms with E-state index >= 15 is 0 Å². The van der Waals surface area contributed by atoms with E-state index in [0.717, 1.165) is 5.56 Å². The van der Waals surface area contributed by atoms with Crippen LogP contribution in [0.5, 0.6) is 0 Å². The molecule has 100 valence electrons. The molecule has 5 nitrogen and oxygen atoms in total. The molecule has 0 unspecified atom stereocenters. The lowest BCUT2D eigenvalue weighted by Gasteiger charge is -2.11. The van der Waals surface area contributed by atoms with E-state index in [9.17, 15) is 8.42 Å². The summed E-state index contributed by atoms with van der Waals surface area (Å²) in [6.45, 7) is 1.90.